The average Bonchev–Trinajstić information content (AvgIpc) is 3.09. The molecule has 0 aliphatic carbocycles. The largest absolute Gasteiger partial charge is 0.307 e. The molecule has 2 aromatic rings. The normalized spacial score (nSPS) is 22.4. The van der Waals surface area contributed by atoms with Crippen LogP contribution in [0.1, 0.15) is 23.4 Å². The number of benzene rings is 1. The van der Waals surface area contributed by atoms with E-state index >= 15 is 0 Å². The van der Waals surface area contributed by atoms with Crippen LogP contribution in [0.4, 0.5) is 0 Å². The predicted octanol–water partition coefficient (Wildman–Crippen LogP) is 1.94. The first kappa shape index (κ1) is 17.9. The first-order chi connectivity index (χ1) is 12.4. The van der Waals surface area contributed by atoms with Crippen molar-refractivity contribution in [2.45, 2.75) is 32.5 Å². The number of aromatic nitrogens is 3. The van der Waals surface area contributed by atoms with Gasteiger partial charge < -0.3 is 4.57 Å². The lowest BCUT2D eigenvalue weighted by molar-refractivity contribution is 0.187. The highest BCUT2D eigenvalue weighted by atomic mass is 32.2. The summed E-state index contributed by atoms with van der Waals surface area (Å²) in [6.07, 6.45) is 2.45. The minimum atomic E-state index is -2.86. The third-order valence-electron chi connectivity index (χ3n) is 5.47. The molecule has 0 amide bonds. The van der Waals surface area contributed by atoms with Gasteiger partial charge in [0.05, 0.1) is 18.2 Å². The number of hydrogen-bond donors (Lipinski definition) is 0. The fourth-order valence-corrected chi connectivity index (χ4v) is 6.02. The van der Waals surface area contributed by atoms with Crippen LogP contribution in [0.15, 0.2) is 24.3 Å². The Labute approximate surface area is 159 Å². The highest BCUT2D eigenvalue weighted by Gasteiger charge is 2.29. The number of rotatable bonds is 4. The molecule has 2 aliphatic heterocycles. The van der Waals surface area contributed by atoms with Gasteiger partial charge in [0.1, 0.15) is 5.82 Å². The van der Waals surface area contributed by atoms with Gasteiger partial charge in [-0.1, -0.05) is 24.3 Å². The Morgan fingerprint density at radius 3 is 2.77 bits per heavy atom. The van der Waals surface area contributed by atoms with E-state index in [0.717, 1.165) is 31.8 Å². The van der Waals surface area contributed by atoms with Gasteiger partial charge in [0.25, 0.3) is 0 Å². The zero-order valence-electron chi connectivity index (χ0n) is 15.0. The van der Waals surface area contributed by atoms with E-state index in [-0.39, 0.29) is 11.7 Å². The molecule has 2 aliphatic rings. The lowest BCUT2D eigenvalue weighted by Gasteiger charge is -2.28. The van der Waals surface area contributed by atoms with Crippen molar-refractivity contribution in [2.75, 3.05) is 18.1 Å². The van der Waals surface area contributed by atoms with Gasteiger partial charge in [0.2, 0.25) is 0 Å². The van der Waals surface area contributed by atoms with E-state index in [4.69, 9.17) is 17.3 Å². The zero-order chi connectivity index (χ0) is 18.3. The summed E-state index contributed by atoms with van der Waals surface area (Å²) in [5.41, 5.74) is 2.80. The molecule has 0 N–H and O–H groups in total. The maximum absolute atomic E-state index is 11.7. The summed E-state index contributed by atoms with van der Waals surface area (Å²) in [6, 6.07) is 8.57. The van der Waals surface area contributed by atoms with E-state index in [1.165, 1.54) is 11.1 Å². The van der Waals surface area contributed by atoms with Gasteiger partial charge in [-0.15, -0.1) is 0 Å². The van der Waals surface area contributed by atoms with Gasteiger partial charge in [0.15, 0.2) is 14.6 Å². The van der Waals surface area contributed by atoms with Crippen molar-refractivity contribution in [1.29, 1.82) is 0 Å². The van der Waals surface area contributed by atoms with Crippen molar-refractivity contribution in [3.05, 3.63) is 46.0 Å². The molecule has 0 unspecified atom stereocenters. The molecule has 1 aromatic heterocycles. The molecular formula is C18H24N4O2S2. The van der Waals surface area contributed by atoms with Crippen molar-refractivity contribution in [2.24, 2.45) is 13.0 Å². The van der Waals surface area contributed by atoms with Crippen LogP contribution in [0.2, 0.25) is 0 Å². The smallest absolute Gasteiger partial charge is 0.198 e. The molecular weight excluding hydrogens is 368 g/mol. The van der Waals surface area contributed by atoms with Crippen LogP contribution in [-0.2, 0) is 42.9 Å². The minimum Gasteiger partial charge on any atom is -0.307 e. The van der Waals surface area contributed by atoms with Crippen LogP contribution in [-0.4, -0.2) is 45.7 Å². The molecule has 0 radical (unpaired) electrons. The predicted molar refractivity (Wildman–Crippen MR) is 103 cm³/mol. The fourth-order valence-electron chi connectivity index (χ4n) is 3.96. The van der Waals surface area contributed by atoms with E-state index in [1.807, 2.05) is 16.3 Å². The quantitative estimate of drug-likeness (QED) is 0.745. The first-order valence-corrected chi connectivity index (χ1v) is 11.3. The summed E-state index contributed by atoms with van der Waals surface area (Å²) in [4.78, 5) is 2.36. The van der Waals surface area contributed by atoms with Gasteiger partial charge >= 0.3 is 0 Å². The third kappa shape index (κ3) is 3.63. The van der Waals surface area contributed by atoms with Gasteiger partial charge in [-0.25, -0.2) is 13.1 Å². The molecule has 0 bridgehead atoms. The van der Waals surface area contributed by atoms with Crippen LogP contribution in [0.5, 0.6) is 0 Å². The molecule has 0 spiro atoms. The summed E-state index contributed by atoms with van der Waals surface area (Å²) in [5.74, 6) is 1.62. The lowest BCUT2D eigenvalue weighted by Crippen LogP contribution is -2.32. The lowest BCUT2D eigenvalue weighted by atomic mass is 10.0. The van der Waals surface area contributed by atoms with Crippen LogP contribution < -0.4 is 0 Å². The molecule has 0 saturated carbocycles. The van der Waals surface area contributed by atoms with Crippen molar-refractivity contribution in [3.63, 3.8) is 0 Å². The number of fused-ring (bicyclic) bond motifs is 1. The second-order valence-electron chi connectivity index (χ2n) is 7.44. The topological polar surface area (TPSA) is 60.1 Å². The first-order valence-electron chi connectivity index (χ1n) is 9.03. The average molecular weight is 393 g/mol. The van der Waals surface area contributed by atoms with E-state index in [1.54, 1.807) is 0 Å². The van der Waals surface area contributed by atoms with E-state index < -0.39 is 9.84 Å². The second kappa shape index (κ2) is 6.90. The maximum Gasteiger partial charge on any atom is 0.198 e. The molecule has 6 nitrogen and oxygen atoms in total. The van der Waals surface area contributed by atoms with Crippen LogP contribution in [0.3, 0.4) is 0 Å². The Balaban J connectivity index is 1.47. The Kier molecular flexibility index (Phi) is 4.75. The molecule has 140 valence electrons. The maximum atomic E-state index is 11.7. The van der Waals surface area contributed by atoms with Crippen molar-refractivity contribution >= 4 is 22.1 Å². The molecule has 26 heavy (non-hydrogen) atoms. The van der Waals surface area contributed by atoms with Crippen LogP contribution in [0, 0.1) is 10.7 Å². The van der Waals surface area contributed by atoms with Crippen molar-refractivity contribution in [1.82, 2.24) is 19.2 Å². The minimum absolute atomic E-state index is 0.158. The standard InChI is InChI=1S/C18H24N4O2S2/c1-20-17(10-14-7-9-26(23,24)12-14)19-22(18(20)25)13-21-8-6-15-4-2-3-5-16(15)11-21/h2-5,14H,6-13H2,1H3/t14-/m1/s1. The Morgan fingerprint density at radius 1 is 1.27 bits per heavy atom. The number of sulfone groups is 1. The number of hydrogen-bond acceptors (Lipinski definition) is 5. The summed E-state index contributed by atoms with van der Waals surface area (Å²) in [6.45, 7) is 2.57. The van der Waals surface area contributed by atoms with E-state index in [9.17, 15) is 8.42 Å². The molecule has 8 heteroatoms. The van der Waals surface area contributed by atoms with Crippen LogP contribution >= 0.6 is 12.2 Å². The summed E-state index contributed by atoms with van der Waals surface area (Å²) in [5, 5.41) is 4.71. The Bertz CT molecular complexity index is 977. The molecule has 1 aromatic carbocycles. The fraction of sp³-hybridized carbons (Fsp3) is 0.556. The number of nitrogens with zero attached hydrogens (tertiary/aromatic N) is 4. The second-order valence-corrected chi connectivity index (χ2v) is 10.0. The zero-order valence-corrected chi connectivity index (χ0v) is 16.6. The molecule has 1 atom stereocenters. The summed E-state index contributed by atoms with van der Waals surface area (Å²) >= 11 is 5.56. The SMILES string of the molecule is Cn1c(C[C@H]2CCS(=O)(=O)C2)nn(CN2CCc3ccccc3C2)c1=S. The molecule has 3 heterocycles. The van der Waals surface area contributed by atoms with Gasteiger partial charge in [-0.2, -0.15) is 5.10 Å². The van der Waals surface area contributed by atoms with Crippen molar-refractivity contribution < 1.29 is 8.42 Å². The molecule has 4 rings (SSSR count). The Morgan fingerprint density at radius 2 is 2.04 bits per heavy atom. The summed E-state index contributed by atoms with van der Waals surface area (Å²) < 4.78 is 27.9. The monoisotopic (exact) mass is 392 g/mol. The van der Waals surface area contributed by atoms with Crippen LogP contribution in [0.25, 0.3) is 0 Å². The highest BCUT2D eigenvalue weighted by molar-refractivity contribution is 7.91. The van der Waals surface area contributed by atoms with Gasteiger partial charge in [0, 0.05) is 26.6 Å². The van der Waals surface area contributed by atoms with E-state index in [2.05, 4.69) is 29.2 Å². The molecule has 1 fully saturated rings. The van der Waals surface area contributed by atoms with Gasteiger partial charge in [-0.05, 0) is 42.1 Å². The highest BCUT2D eigenvalue weighted by Crippen LogP contribution is 2.23. The van der Waals surface area contributed by atoms with E-state index in [0.29, 0.717) is 23.6 Å². The summed E-state index contributed by atoms with van der Waals surface area (Å²) in [7, 11) is -0.934. The van der Waals surface area contributed by atoms with Gasteiger partial charge in [-0.3, -0.25) is 4.90 Å². The third-order valence-corrected chi connectivity index (χ3v) is 7.79. The van der Waals surface area contributed by atoms with Crippen molar-refractivity contribution in [3.8, 4) is 0 Å². The molecule has 1 saturated heterocycles. The Hall–Kier alpha value is -1.51.